The van der Waals surface area contributed by atoms with Crippen molar-refractivity contribution in [2.24, 2.45) is 0 Å². The fraction of sp³-hybridized carbons (Fsp3) is 0. The van der Waals surface area contributed by atoms with E-state index in [9.17, 15) is 9.13 Å². The van der Waals surface area contributed by atoms with E-state index in [1.54, 1.807) is 6.07 Å². The molecule has 0 fully saturated rings. The van der Waals surface area contributed by atoms with Crippen molar-refractivity contribution < 1.29 is 37.5 Å². The molecule has 3 N–H and O–H groups in total. The Balaban J connectivity index is 2.94. The lowest BCUT2D eigenvalue weighted by Gasteiger charge is -2.08. The predicted octanol–water partition coefficient (Wildman–Crippen LogP) is 0.255. The van der Waals surface area contributed by atoms with Gasteiger partial charge < -0.3 is 9.79 Å². The molecule has 0 saturated heterocycles. The molecule has 0 spiro atoms. The molecule has 8 nitrogen and oxygen atoms in total. The molecule has 1 unspecified atom stereocenters. The minimum Gasteiger partial charge on any atom is -0.302 e. The van der Waals surface area contributed by atoms with Crippen molar-refractivity contribution in [1.29, 1.82) is 0 Å². The molecule has 1 aromatic rings. The number of rotatable bonds is 5. The van der Waals surface area contributed by atoms with Gasteiger partial charge in [0.2, 0.25) is 6.20 Å². The molecule has 0 saturated carbocycles. The lowest BCUT2D eigenvalue weighted by Crippen LogP contribution is -2.43. The van der Waals surface area contributed by atoms with Gasteiger partial charge in [0.1, 0.15) is 0 Å². The molecule has 0 aromatic carbocycles. The van der Waals surface area contributed by atoms with Gasteiger partial charge in [-0.05, 0) is 6.07 Å². The van der Waals surface area contributed by atoms with E-state index in [0.29, 0.717) is 5.69 Å². The highest BCUT2D eigenvalue weighted by Crippen LogP contribution is 2.54. The Morgan fingerprint density at radius 1 is 1.29 bits per heavy atom. The highest BCUT2D eigenvalue weighted by molar-refractivity contribution is 7.60. The maximum atomic E-state index is 11.2. The first-order valence-corrected chi connectivity index (χ1v) is 7.19. The summed E-state index contributed by atoms with van der Waals surface area (Å²) >= 11 is 0. The highest BCUT2D eigenvalue weighted by atomic mass is 31.3. The molecule has 10 heteroatoms. The lowest BCUT2D eigenvalue weighted by molar-refractivity contribution is -0.861. The Bertz CT molecular complexity index is 511. The molecule has 0 aliphatic rings. The van der Waals surface area contributed by atoms with Crippen LogP contribution in [-0.4, -0.2) is 14.7 Å². The van der Waals surface area contributed by atoms with E-state index < -0.39 is 15.6 Å². The van der Waals surface area contributed by atoms with Crippen molar-refractivity contribution in [3.8, 4) is 0 Å². The molecule has 1 aromatic heterocycles. The second-order valence-electron chi connectivity index (χ2n) is 2.78. The topological polar surface area (TPSA) is 117 Å². The minimum absolute atomic E-state index is 0.302. The Labute approximate surface area is 96.6 Å². The van der Waals surface area contributed by atoms with Crippen LogP contribution >= 0.6 is 15.6 Å². The molecule has 0 amide bonds. The summed E-state index contributed by atoms with van der Waals surface area (Å²) in [5, 5.41) is 0. The van der Waals surface area contributed by atoms with E-state index in [1.807, 2.05) is 0 Å². The summed E-state index contributed by atoms with van der Waals surface area (Å²) in [5.41, 5.74) is 0.302. The predicted molar refractivity (Wildman–Crippen MR) is 56.3 cm³/mol. The van der Waals surface area contributed by atoms with Crippen LogP contribution in [-0.2, 0) is 13.4 Å². The van der Waals surface area contributed by atoms with Gasteiger partial charge in [-0.1, -0.05) is 6.58 Å². The van der Waals surface area contributed by atoms with Crippen LogP contribution in [0, 0.1) is 0 Å². The summed E-state index contributed by atoms with van der Waals surface area (Å²) in [7, 11) is -10.0. The maximum Gasteiger partial charge on any atom is 0.592 e. The SMILES string of the molecule is C=Cc1cccc[n+]1OP(=O)(O)OP(=O)(O)O. The molecule has 0 aliphatic heterocycles. The number of hydrogen-bond acceptors (Lipinski definition) is 4. The third kappa shape index (κ3) is 4.79. The standard InChI is InChI=1S/C7H9NO7P2/c1-2-7-5-3-4-6-8(7)14-17(12,13)15-16(9,10)11/h2-6H,1H2,(H2-,9,10,11,12,13)/p+1. The summed E-state index contributed by atoms with van der Waals surface area (Å²) in [6.07, 6.45) is 2.57. The van der Waals surface area contributed by atoms with Crippen molar-refractivity contribution in [1.82, 2.24) is 0 Å². The van der Waals surface area contributed by atoms with Crippen LogP contribution in [0.15, 0.2) is 31.0 Å². The molecule has 1 rings (SSSR count). The van der Waals surface area contributed by atoms with E-state index in [2.05, 4.69) is 15.5 Å². The number of hydrogen-bond donors (Lipinski definition) is 3. The van der Waals surface area contributed by atoms with Gasteiger partial charge in [0, 0.05) is 22.9 Å². The summed E-state index contributed by atoms with van der Waals surface area (Å²) < 4.78 is 30.5. The average molecular weight is 282 g/mol. The first-order valence-electron chi connectivity index (χ1n) is 4.16. The average Bonchev–Trinajstić information content (AvgIpc) is 2.14. The van der Waals surface area contributed by atoms with E-state index in [0.717, 1.165) is 4.73 Å². The maximum absolute atomic E-state index is 11.2. The van der Waals surface area contributed by atoms with Crippen molar-refractivity contribution in [3.63, 3.8) is 0 Å². The van der Waals surface area contributed by atoms with E-state index >= 15 is 0 Å². The fourth-order valence-electron chi connectivity index (χ4n) is 0.934. The summed E-state index contributed by atoms with van der Waals surface area (Å²) in [6.45, 7) is 3.43. The van der Waals surface area contributed by atoms with E-state index in [-0.39, 0.29) is 0 Å². The van der Waals surface area contributed by atoms with E-state index in [1.165, 1.54) is 24.4 Å². The zero-order valence-electron chi connectivity index (χ0n) is 8.41. The van der Waals surface area contributed by atoms with E-state index in [4.69, 9.17) is 14.7 Å². The number of nitrogens with zero attached hydrogens (tertiary/aromatic N) is 1. The minimum atomic E-state index is -5.13. The van der Waals surface area contributed by atoms with Crippen LogP contribution in [0.2, 0.25) is 0 Å². The second kappa shape index (κ2) is 5.10. The lowest BCUT2D eigenvalue weighted by atomic mass is 10.3. The van der Waals surface area contributed by atoms with Crippen molar-refractivity contribution in [3.05, 3.63) is 36.7 Å². The van der Waals surface area contributed by atoms with Gasteiger partial charge in [-0.25, -0.2) is 9.13 Å². The van der Waals surface area contributed by atoms with Gasteiger partial charge in [0.05, 0.1) is 0 Å². The van der Waals surface area contributed by atoms with Crippen LogP contribution in [0.1, 0.15) is 5.69 Å². The Morgan fingerprint density at radius 2 is 1.94 bits per heavy atom. The van der Waals surface area contributed by atoms with Crippen molar-refractivity contribution in [2.75, 3.05) is 0 Å². The number of aromatic nitrogens is 1. The molecule has 17 heavy (non-hydrogen) atoms. The smallest absolute Gasteiger partial charge is 0.302 e. The fourth-order valence-corrected chi connectivity index (χ4v) is 2.50. The molecule has 94 valence electrons. The largest absolute Gasteiger partial charge is 0.592 e. The van der Waals surface area contributed by atoms with Crippen molar-refractivity contribution >= 4 is 21.7 Å². The van der Waals surface area contributed by atoms with Gasteiger partial charge in [-0.2, -0.15) is 8.94 Å². The first-order chi connectivity index (χ1) is 7.73. The highest BCUT2D eigenvalue weighted by Gasteiger charge is 2.38. The molecule has 0 radical (unpaired) electrons. The molecule has 0 aliphatic carbocycles. The van der Waals surface area contributed by atoms with Crippen LogP contribution in [0.3, 0.4) is 0 Å². The first kappa shape index (κ1) is 14.1. The van der Waals surface area contributed by atoms with Crippen molar-refractivity contribution in [2.45, 2.75) is 0 Å². The summed E-state index contributed by atoms with van der Waals surface area (Å²) in [5.74, 6) is 0. The van der Waals surface area contributed by atoms with Gasteiger partial charge in [0.15, 0.2) is 0 Å². The van der Waals surface area contributed by atoms with Gasteiger partial charge >= 0.3 is 15.6 Å². The van der Waals surface area contributed by atoms with Crippen LogP contribution < -0.4 is 9.35 Å². The third-order valence-electron chi connectivity index (χ3n) is 1.46. The second-order valence-corrected chi connectivity index (χ2v) is 5.51. The normalized spacial score (nSPS) is 15.0. The molecule has 1 atom stereocenters. The van der Waals surface area contributed by atoms with Gasteiger partial charge in [-0.15, -0.1) is 0 Å². The zero-order chi connectivity index (χ0) is 13.1. The van der Waals surface area contributed by atoms with Crippen LogP contribution in [0.5, 0.6) is 0 Å². The van der Waals surface area contributed by atoms with Gasteiger partial charge in [-0.3, -0.25) is 4.89 Å². The Hall–Kier alpha value is -1.01. The summed E-state index contributed by atoms with van der Waals surface area (Å²) in [6, 6.07) is 4.60. The third-order valence-corrected chi connectivity index (χ3v) is 3.52. The Kier molecular flexibility index (Phi) is 4.21. The number of pyridine rings is 1. The zero-order valence-corrected chi connectivity index (χ0v) is 10.2. The quantitative estimate of drug-likeness (QED) is 0.523. The molecular weight excluding hydrogens is 272 g/mol. The number of phosphoric acid groups is 2. The Morgan fingerprint density at radius 3 is 2.47 bits per heavy atom. The molecular formula is C7H10NO7P2+. The van der Waals surface area contributed by atoms with Crippen LogP contribution in [0.4, 0.5) is 0 Å². The van der Waals surface area contributed by atoms with Gasteiger partial charge in [0.25, 0.3) is 5.69 Å². The monoisotopic (exact) mass is 282 g/mol. The molecule has 1 heterocycles. The summed E-state index contributed by atoms with van der Waals surface area (Å²) in [4.78, 5) is 25.9. The van der Waals surface area contributed by atoms with Crippen LogP contribution in [0.25, 0.3) is 6.08 Å². The molecule has 0 bridgehead atoms.